The second kappa shape index (κ2) is 9.45. The Morgan fingerprint density at radius 1 is 1.25 bits per heavy atom. The van der Waals surface area contributed by atoms with Crippen LogP contribution in [0, 0.1) is 10.1 Å². The van der Waals surface area contributed by atoms with Crippen LogP contribution in [0.4, 0.5) is 11.5 Å². The number of rotatable bonds is 9. The maximum absolute atomic E-state index is 11.2. The highest BCUT2D eigenvalue weighted by atomic mass is 16.6. The van der Waals surface area contributed by atoms with E-state index >= 15 is 0 Å². The number of methoxy groups -OCH3 is 1. The summed E-state index contributed by atoms with van der Waals surface area (Å²) in [4.78, 5) is 30.6. The van der Waals surface area contributed by atoms with E-state index in [1.807, 2.05) is 17.0 Å². The minimum Gasteiger partial charge on any atom is -0.385 e. The number of fused-ring (bicyclic) bond motifs is 1. The minimum atomic E-state index is -0.397. The number of benzene rings is 1. The Morgan fingerprint density at radius 2 is 2.11 bits per heavy atom. The van der Waals surface area contributed by atoms with E-state index in [0.29, 0.717) is 13.1 Å². The average Bonchev–Trinajstić information content (AvgIpc) is 2.72. The monoisotopic (exact) mass is 386 g/mol. The lowest BCUT2D eigenvalue weighted by molar-refractivity contribution is -0.384. The first-order valence-corrected chi connectivity index (χ1v) is 9.62. The number of aromatic nitrogens is 1. The second-order valence-corrected chi connectivity index (χ2v) is 7.09. The van der Waals surface area contributed by atoms with Crippen LogP contribution in [0.5, 0.6) is 0 Å². The van der Waals surface area contributed by atoms with Gasteiger partial charge < -0.3 is 14.5 Å². The number of carbonyl (C=O) groups is 1. The van der Waals surface area contributed by atoms with E-state index in [1.54, 1.807) is 19.2 Å². The first-order chi connectivity index (χ1) is 13.6. The molecule has 1 saturated heterocycles. The first kappa shape index (κ1) is 20.0. The van der Waals surface area contributed by atoms with Gasteiger partial charge in [-0.1, -0.05) is 12.8 Å². The molecule has 0 radical (unpaired) electrons. The summed E-state index contributed by atoms with van der Waals surface area (Å²) in [6.07, 6.45) is 5.09. The fourth-order valence-electron chi connectivity index (χ4n) is 3.70. The molecule has 2 aromatic rings. The normalized spacial score (nSPS) is 17.1. The Hall–Kier alpha value is -2.74. The number of anilines is 1. The number of nitrogens with zero attached hydrogens (tertiary/aromatic N) is 4. The number of non-ortho nitro benzene ring substituents is 1. The second-order valence-electron chi connectivity index (χ2n) is 7.09. The maximum Gasteiger partial charge on any atom is 0.270 e. The molecule has 0 aliphatic carbocycles. The smallest absolute Gasteiger partial charge is 0.270 e. The number of ether oxygens (including phenoxy) is 1. The van der Waals surface area contributed by atoms with Gasteiger partial charge >= 0.3 is 0 Å². The van der Waals surface area contributed by atoms with Gasteiger partial charge in [0.15, 0.2) is 0 Å². The first-order valence-electron chi connectivity index (χ1n) is 9.62. The molecule has 0 saturated carbocycles. The Kier molecular flexibility index (Phi) is 6.76. The lowest BCUT2D eigenvalue weighted by atomic mass is 10.0. The molecule has 1 fully saturated rings. The molecule has 8 nitrogen and oxygen atoms in total. The van der Waals surface area contributed by atoms with Gasteiger partial charge in [-0.05, 0) is 31.0 Å². The molecule has 0 spiro atoms. The molecule has 0 bridgehead atoms. The van der Waals surface area contributed by atoms with Gasteiger partial charge in [-0.3, -0.25) is 14.9 Å². The van der Waals surface area contributed by atoms with Gasteiger partial charge in [-0.15, -0.1) is 0 Å². The van der Waals surface area contributed by atoms with Crippen LogP contribution in [-0.4, -0.2) is 60.6 Å². The lowest BCUT2D eigenvalue weighted by Crippen LogP contribution is -2.53. The molecule has 1 amide bonds. The van der Waals surface area contributed by atoms with Crippen LogP contribution in [0.2, 0.25) is 0 Å². The molecule has 1 unspecified atom stereocenters. The predicted molar refractivity (Wildman–Crippen MR) is 108 cm³/mol. The number of piperazine rings is 1. The van der Waals surface area contributed by atoms with Crippen molar-refractivity contribution in [3.05, 3.63) is 40.4 Å². The van der Waals surface area contributed by atoms with E-state index in [2.05, 4.69) is 4.90 Å². The number of nitro groups is 1. The van der Waals surface area contributed by atoms with Crippen LogP contribution in [0.25, 0.3) is 10.9 Å². The third kappa shape index (κ3) is 4.75. The third-order valence-corrected chi connectivity index (χ3v) is 5.21. The zero-order chi connectivity index (χ0) is 19.9. The molecule has 1 atom stereocenters. The number of amides is 1. The highest BCUT2D eigenvalue weighted by molar-refractivity contribution is 5.82. The molecule has 1 aromatic heterocycles. The van der Waals surface area contributed by atoms with Crippen LogP contribution < -0.4 is 4.90 Å². The molecular formula is C20H26N4O4. The number of hydrogen-bond acceptors (Lipinski definition) is 6. The van der Waals surface area contributed by atoms with Crippen molar-refractivity contribution < 1.29 is 14.5 Å². The fraction of sp³-hybridized carbons (Fsp3) is 0.500. The summed E-state index contributed by atoms with van der Waals surface area (Å²) >= 11 is 0. The Morgan fingerprint density at radius 3 is 2.86 bits per heavy atom. The van der Waals surface area contributed by atoms with E-state index in [-0.39, 0.29) is 11.7 Å². The zero-order valence-corrected chi connectivity index (χ0v) is 16.1. The molecule has 1 aromatic carbocycles. The summed E-state index contributed by atoms with van der Waals surface area (Å²) in [5.41, 5.74) is 0.801. The van der Waals surface area contributed by atoms with Crippen LogP contribution in [0.15, 0.2) is 30.3 Å². The van der Waals surface area contributed by atoms with Crippen molar-refractivity contribution in [3.8, 4) is 0 Å². The lowest BCUT2D eigenvalue weighted by Gasteiger charge is -2.41. The number of carbonyl (C=O) groups excluding carboxylic acids is 1. The van der Waals surface area contributed by atoms with Gasteiger partial charge in [0, 0.05) is 56.9 Å². The summed E-state index contributed by atoms with van der Waals surface area (Å²) in [7, 11) is 1.71. The van der Waals surface area contributed by atoms with Crippen LogP contribution in [0.3, 0.4) is 0 Å². The van der Waals surface area contributed by atoms with E-state index < -0.39 is 4.92 Å². The third-order valence-electron chi connectivity index (χ3n) is 5.21. The van der Waals surface area contributed by atoms with Crippen LogP contribution >= 0.6 is 0 Å². The van der Waals surface area contributed by atoms with Crippen molar-refractivity contribution in [1.29, 1.82) is 0 Å². The largest absolute Gasteiger partial charge is 0.385 e. The number of pyridine rings is 1. The summed E-state index contributed by atoms with van der Waals surface area (Å²) in [6.45, 7) is 2.86. The van der Waals surface area contributed by atoms with E-state index in [1.165, 1.54) is 6.07 Å². The average molecular weight is 386 g/mol. The van der Waals surface area contributed by atoms with Crippen LogP contribution in [0.1, 0.15) is 25.7 Å². The summed E-state index contributed by atoms with van der Waals surface area (Å²) in [6, 6.07) is 8.73. The van der Waals surface area contributed by atoms with E-state index in [4.69, 9.17) is 9.72 Å². The molecule has 8 heteroatoms. The highest BCUT2D eigenvalue weighted by Gasteiger charge is 2.27. The quantitative estimate of drug-likeness (QED) is 0.285. The molecular weight excluding hydrogens is 360 g/mol. The van der Waals surface area contributed by atoms with Crippen molar-refractivity contribution in [1.82, 2.24) is 9.88 Å². The summed E-state index contributed by atoms with van der Waals surface area (Å²) in [5, 5.41) is 11.7. The molecule has 28 heavy (non-hydrogen) atoms. The Labute approximate surface area is 164 Å². The topological polar surface area (TPSA) is 88.8 Å². The SMILES string of the molecule is COCCCCCC1CN(C=O)CCN1c1ccc2cc([N+](=O)[O-])ccc2n1. The van der Waals surface area contributed by atoms with Crippen molar-refractivity contribution in [2.75, 3.05) is 38.3 Å². The highest BCUT2D eigenvalue weighted by Crippen LogP contribution is 2.26. The predicted octanol–water partition coefficient (Wildman–Crippen LogP) is 3.00. The van der Waals surface area contributed by atoms with Gasteiger partial charge in [0.2, 0.25) is 6.41 Å². The van der Waals surface area contributed by atoms with Gasteiger partial charge in [0.05, 0.1) is 10.4 Å². The van der Waals surface area contributed by atoms with Gasteiger partial charge in [-0.2, -0.15) is 0 Å². The van der Waals surface area contributed by atoms with Crippen molar-refractivity contribution in [3.63, 3.8) is 0 Å². The summed E-state index contributed by atoms with van der Waals surface area (Å²) < 4.78 is 5.11. The van der Waals surface area contributed by atoms with Crippen molar-refractivity contribution >= 4 is 28.8 Å². The van der Waals surface area contributed by atoms with Gasteiger partial charge in [0.1, 0.15) is 5.82 Å². The minimum absolute atomic E-state index is 0.0654. The molecule has 1 aliphatic heterocycles. The number of hydrogen-bond donors (Lipinski definition) is 0. The van der Waals surface area contributed by atoms with Crippen LogP contribution in [-0.2, 0) is 9.53 Å². The zero-order valence-electron chi connectivity index (χ0n) is 16.1. The fourth-order valence-corrected chi connectivity index (χ4v) is 3.70. The molecule has 2 heterocycles. The van der Waals surface area contributed by atoms with Crippen molar-refractivity contribution in [2.24, 2.45) is 0 Å². The van der Waals surface area contributed by atoms with Gasteiger partial charge in [0.25, 0.3) is 5.69 Å². The Bertz CT molecular complexity index is 829. The standard InChI is InChI=1S/C20H26N4O4/c1-28-12-4-2-3-5-18-14-22(15-25)10-11-23(18)20-9-6-16-13-17(24(26)27)7-8-19(16)21-20/h6-9,13,15,18H,2-5,10-12,14H2,1H3. The van der Waals surface area contributed by atoms with E-state index in [0.717, 1.165) is 62.0 Å². The number of nitro benzene ring substituents is 1. The molecule has 1 aliphatic rings. The number of unbranched alkanes of at least 4 members (excludes halogenated alkanes) is 2. The molecule has 0 N–H and O–H groups in total. The Balaban J connectivity index is 1.76. The molecule has 3 rings (SSSR count). The molecule has 150 valence electrons. The van der Waals surface area contributed by atoms with E-state index in [9.17, 15) is 14.9 Å². The van der Waals surface area contributed by atoms with Gasteiger partial charge in [-0.25, -0.2) is 4.98 Å². The maximum atomic E-state index is 11.2. The summed E-state index contributed by atoms with van der Waals surface area (Å²) in [5.74, 6) is 0.855. The van der Waals surface area contributed by atoms with Crippen molar-refractivity contribution in [2.45, 2.75) is 31.7 Å².